The molecule has 0 radical (unpaired) electrons. The molecule has 0 fully saturated rings. The van der Waals surface area contributed by atoms with Gasteiger partial charge in [-0.05, 0) is 39.0 Å². The van der Waals surface area contributed by atoms with E-state index in [0.717, 1.165) is 16.9 Å². The van der Waals surface area contributed by atoms with Gasteiger partial charge in [0.15, 0.2) is 0 Å². The Morgan fingerprint density at radius 3 is 2.41 bits per heavy atom. The van der Waals surface area contributed by atoms with Crippen LogP contribution in [0.5, 0.6) is 0 Å². The van der Waals surface area contributed by atoms with Crippen molar-refractivity contribution in [2.45, 2.75) is 26.4 Å². The zero-order valence-electron chi connectivity index (χ0n) is 13.2. The fraction of sp³-hybridized carbons (Fsp3) is 0.278. The van der Waals surface area contributed by atoms with E-state index in [9.17, 15) is 0 Å². The van der Waals surface area contributed by atoms with Crippen molar-refractivity contribution in [3.8, 4) is 0 Å². The average Bonchev–Trinajstić information content (AvgIpc) is 2.48. The fourth-order valence-corrected chi connectivity index (χ4v) is 1.73. The van der Waals surface area contributed by atoms with Crippen molar-refractivity contribution in [2.75, 3.05) is 12.1 Å². The monoisotopic (exact) mass is 298 g/mol. The lowest BCUT2D eigenvalue weighted by molar-refractivity contribution is -0.119. The molecule has 0 unspecified atom stereocenters. The maximum atomic E-state index is 5.44. The molecule has 0 aliphatic rings. The standard InChI is InChI=1S/C18H22N2O2/c1-18(2,3)21-14-22-19-13-15-9-7-8-12-17(15)20-16-10-5-4-6-11-16/h4-13,20H,14H2,1-3H3/b19-13+. The predicted octanol–water partition coefficient (Wildman–Crippen LogP) is 4.55. The Balaban J connectivity index is 1.96. The molecule has 2 aromatic rings. The minimum absolute atomic E-state index is 0.133. The van der Waals surface area contributed by atoms with Gasteiger partial charge in [-0.15, -0.1) is 0 Å². The summed E-state index contributed by atoms with van der Waals surface area (Å²) >= 11 is 0. The highest BCUT2D eigenvalue weighted by Crippen LogP contribution is 2.19. The largest absolute Gasteiger partial charge is 0.367 e. The summed E-state index contributed by atoms with van der Waals surface area (Å²) in [6.45, 7) is 6.05. The molecule has 4 heteroatoms. The zero-order chi connectivity index (χ0) is 15.8. The molecule has 0 amide bonds. The third-order valence-electron chi connectivity index (χ3n) is 2.82. The van der Waals surface area contributed by atoms with Crippen LogP contribution >= 0.6 is 0 Å². The second-order valence-corrected chi connectivity index (χ2v) is 5.82. The van der Waals surface area contributed by atoms with Crippen LogP contribution < -0.4 is 5.32 Å². The zero-order valence-corrected chi connectivity index (χ0v) is 13.2. The molecule has 0 bridgehead atoms. The first-order valence-corrected chi connectivity index (χ1v) is 7.25. The second kappa shape index (κ2) is 7.61. The van der Waals surface area contributed by atoms with Crippen molar-refractivity contribution < 1.29 is 9.57 Å². The molecule has 0 heterocycles. The van der Waals surface area contributed by atoms with E-state index in [2.05, 4.69) is 10.5 Å². The summed E-state index contributed by atoms with van der Waals surface area (Å²) in [6.07, 6.45) is 1.68. The number of nitrogens with one attached hydrogen (secondary N) is 1. The number of benzene rings is 2. The minimum Gasteiger partial charge on any atom is -0.367 e. The molecular formula is C18H22N2O2. The van der Waals surface area contributed by atoms with Gasteiger partial charge in [0.2, 0.25) is 6.79 Å². The van der Waals surface area contributed by atoms with Crippen LogP contribution in [-0.4, -0.2) is 18.6 Å². The molecule has 116 valence electrons. The normalized spacial score (nSPS) is 11.6. The smallest absolute Gasteiger partial charge is 0.217 e. The van der Waals surface area contributed by atoms with Crippen molar-refractivity contribution in [3.05, 3.63) is 60.2 Å². The number of oxime groups is 1. The van der Waals surface area contributed by atoms with Crippen LogP contribution in [0.2, 0.25) is 0 Å². The third kappa shape index (κ3) is 5.58. The van der Waals surface area contributed by atoms with Crippen LogP contribution in [0.4, 0.5) is 11.4 Å². The van der Waals surface area contributed by atoms with E-state index in [-0.39, 0.29) is 12.4 Å². The van der Waals surface area contributed by atoms with Gasteiger partial charge in [0.05, 0.1) is 11.8 Å². The molecule has 0 saturated heterocycles. The summed E-state index contributed by atoms with van der Waals surface area (Å²) in [7, 11) is 0. The first-order chi connectivity index (χ1) is 10.5. The summed E-state index contributed by atoms with van der Waals surface area (Å²) < 4.78 is 5.44. The number of hydrogen-bond donors (Lipinski definition) is 1. The van der Waals surface area contributed by atoms with E-state index < -0.39 is 0 Å². The summed E-state index contributed by atoms with van der Waals surface area (Å²) in [5.74, 6) is 0. The molecule has 0 aliphatic heterocycles. The van der Waals surface area contributed by atoms with Crippen molar-refractivity contribution in [3.63, 3.8) is 0 Å². The van der Waals surface area contributed by atoms with E-state index in [1.807, 2.05) is 75.4 Å². The van der Waals surface area contributed by atoms with Gasteiger partial charge in [0.25, 0.3) is 0 Å². The molecule has 4 nitrogen and oxygen atoms in total. The van der Waals surface area contributed by atoms with Gasteiger partial charge in [-0.1, -0.05) is 41.6 Å². The van der Waals surface area contributed by atoms with Gasteiger partial charge in [-0.3, -0.25) is 0 Å². The van der Waals surface area contributed by atoms with Crippen LogP contribution in [0.25, 0.3) is 0 Å². The molecule has 0 atom stereocenters. The average molecular weight is 298 g/mol. The Hall–Kier alpha value is -2.33. The SMILES string of the molecule is CC(C)(C)OCO/N=C/c1ccccc1Nc1ccccc1. The topological polar surface area (TPSA) is 42.9 Å². The van der Waals surface area contributed by atoms with Gasteiger partial charge in [-0.25, -0.2) is 0 Å². The summed E-state index contributed by atoms with van der Waals surface area (Å²) in [5, 5.41) is 7.32. The quantitative estimate of drug-likeness (QED) is 0.368. The van der Waals surface area contributed by atoms with Gasteiger partial charge in [-0.2, -0.15) is 0 Å². The fourth-order valence-electron chi connectivity index (χ4n) is 1.73. The van der Waals surface area contributed by atoms with Crippen molar-refractivity contribution >= 4 is 17.6 Å². The molecule has 0 spiro atoms. The Morgan fingerprint density at radius 2 is 1.68 bits per heavy atom. The van der Waals surface area contributed by atoms with Gasteiger partial charge >= 0.3 is 0 Å². The Morgan fingerprint density at radius 1 is 1.00 bits per heavy atom. The maximum Gasteiger partial charge on any atom is 0.217 e. The van der Waals surface area contributed by atoms with E-state index in [1.54, 1.807) is 6.21 Å². The first-order valence-electron chi connectivity index (χ1n) is 7.25. The molecular weight excluding hydrogens is 276 g/mol. The number of ether oxygens (including phenoxy) is 1. The van der Waals surface area contributed by atoms with Crippen LogP contribution in [-0.2, 0) is 9.57 Å². The minimum atomic E-state index is -0.234. The van der Waals surface area contributed by atoms with Crippen molar-refractivity contribution in [1.29, 1.82) is 0 Å². The van der Waals surface area contributed by atoms with Gasteiger partial charge in [0.1, 0.15) is 0 Å². The number of rotatable bonds is 6. The molecule has 0 saturated carbocycles. The Labute approximate surface area is 131 Å². The highest BCUT2D eigenvalue weighted by molar-refractivity contribution is 5.88. The lowest BCUT2D eigenvalue weighted by atomic mass is 10.2. The highest BCUT2D eigenvalue weighted by atomic mass is 16.7. The molecule has 22 heavy (non-hydrogen) atoms. The summed E-state index contributed by atoms with van der Waals surface area (Å²) in [6, 6.07) is 17.9. The molecule has 2 aromatic carbocycles. The lowest BCUT2D eigenvalue weighted by Crippen LogP contribution is -2.20. The second-order valence-electron chi connectivity index (χ2n) is 5.82. The Bertz CT molecular complexity index is 604. The van der Waals surface area contributed by atoms with E-state index in [4.69, 9.17) is 9.57 Å². The maximum absolute atomic E-state index is 5.44. The molecule has 1 N–H and O–H groups in total. The third-order valence-corrected chi connectivity index (χ3v) is 2.82. The van der Waals surface area contributed by atoms with Crippen molar-refractivity contribution in [2.24, 2.45) is 5.16 Å². The lowest BCUT2D eigenvalue weighted by Gasteiger charge is -2.17. The summed E-state index contributed by atoms with van der Waals surface area (Å²) in [4.78, 5) is 5.14. The number of hydrogen-bond acceptors (Lipinski definition) is 4. The van der Waals surface area contributed by atoms with Crippen LogP contribution in [0, 0.1) is 0 Å². The molecule has 2 rings (SSSR count). The van der Waals surface area contributed by atoms with Crippen LogP contribution in [0.1, 0.15) is 26.3 Å². The number of para-hydroxylation sites is 2. The number of anilines is 2. The van der Waals surface area contributed by atoms with Gasteiger partial charge < -0.3 is 14.9 Å². The van der Waals surface area contributed by atoms with Gasteiger partial charge in [0, 0.05) is 16.9 Å². The van der Waals surface area contributed by atoms with E-state index in [0.29, 0.717) is 0 Å². The van der Waals surface area contributed by atoms with Crippen LogP contribution in [0.3, 0.4) is 0 Å². The number of nitrogens with zero attached hydrogens (tertiary/aromatic N) is 1. The van der Waals surface area contributed by atoms with E-state index in [1.165, 1.54) is 0 Å². The van der Waals surface area contributed by atoms with E-state index >= 15 is 0 Å². The molecule has 0 aliphatic carbocycles. The van der Waals surface area contributed by atoms with Crippen LogP contribution in [0.15, 0.2) is 59.8 Å². The molecule has 0 aromatic heterocycles. The summed E-state index contributed by atoms with van der Waals surface area (Å²) in [5.41, 5.74) is 2.71. The Kier molecular flexibility index (Phi) is 5.55. The first kappa shape index (κ1) is 16.0. The highest BCUT2D eigenvalue weighted by Gasteiger charge is 2.09. The van der Waals surface area contributed by atoms with Crippen molar-refractivity contribution in [1.82, 2.24) is 0 Å². The predicted molar refractivity (Wildman–Crippen MR) is 90.6 cm³/mol.